The predicted octanol–water partition coefficient (Wildman–Crippen LogP) is 2.84. The van der Waals surface area contributed by atoms with Gasteiger partial charge in [-0.1, -0.05) is 33.6 Å². The zero-order valence-electron chi connectivity index (χ0n) is 11.0. The van der Waals surface area contributed by atoms with E-state index in [1.54, 1.807) is 0 Å². The second-order valence-corrected chi connectivity index (χ2v) is 6.72. The van der Waals surface area contributed by atoms with Crippen LogP contribution in [0.3, 0.4) is 0 Å². The molecule has 0 aromatic heterocycles. The SMILES string of the molecule is CCC(CC)NC1CCCCC1S(=O)CC. The van der Waals surface area contributed by atoms with Crippen molar-refractivity contribution in [1.29, 1.82) is 0 Å². The summed E-state index contributed by atoms with van der Waals surface area (Å²) in [5.41, 5.74) is 0. The predicted molar refractivity (Wildman–Crippen MR) is 72.2 cm³/mol. The van der Waals surface area contributed by atoms with E-state index in [1.807, 2.05) is 6.92 Å². The van der Waals surface area contributed by atoms with Gasteiger partial charge in [-0.3, -0.25) is 4.21 Å². The summed E-state index contributed by atoms with van der Waals surface area (Å²) in [5.74, 6) is 0.811. The van der Waals surface area contributed by atoms with Crippen LogP contribution in [0.15, 0.2) is 0 Å². The van der Waals surface area contributed by atoms with E-state index >= 15 is 0 Å². The molecule has 0 heterocycles. The Labute approximate surface area is 103 Å². The summed E-state index contributed by atoms with van der Waals surface area (Å²) in [6.07, 6.45) is 7.29. The Bertz CT molecular complexity index is 216. The normalized spacial score (nSPS) is 28.2. The topological polar surface area (TPSA) is 29.1 Å². The summed E-state index contributed by atoms with van der Waals surface area (Å²) in [6.45, 7) is 6.50. The highest BCUT2D eigenvalue weighted by atomic mass is 32.2. The summed E-state index contributed by atoms with van der Waals surface area (Å²) in [5, 5.41) is 4.13. The molecule has 3 unspecified atom stereocenters. The summed E-state index contributed by atoms with van der Waals surface area (Å²) >= 11 is 0. The molecular weight excluding hydrogens is 218 g/mol. The first-order chi connectivity index (χ1) is 7.72. The van der Waals surface area contributed by atoms with E-state index in [1.165, 1.54) is 32.1 Å². The monoisotopic (exact) mass is 245 g/mol. The molecule has 0 bridgehead atoms. The summed E-state index contributed by atoms with van der Waals surface area (Å²) < 4.78 is 12.0. The third kappa shape index (κ3) is 3.85. The maximum absolute atomic E-state index is 12.0. The molecule has 16 heavy (non-hydrogen) atoms. The van der Waals surface area contributed by atoms with Crippen molar-refractivity contribution >= 4 is 10.8 Å². The number of hydrogen-bond donors (Lipinski definition) is 1. The first-order valence-corrected chi connectivity index (χ1v) is 8.24. The highest BCUT2D eigenvalue weighted by molar-refractivity contribution is 7.85. The van der Waals surface area contributed by atoms with E-state index in [-0.39, 0.29) is 0 Å². The van der Waals surface area contributed by atoms with E-state index in [0.717, 1.165) is 12.2 Å². The lowest BCUT2D eigenvalue weighted by atomic mass is 9.93. The minimum Gasteiger partial charge on any atom is -0.310 e. The lowest BCUT2D eigenvalue weighted by molar-refractivity contribution is 0.331. The summed E-state index contributed by atoms with van der Waals surface area (Å²) in [7, 11) is -0.626. The Morgan fingerprint density at radius 1 is 1.19 bits per heavy atom. The molecule has 1 saturated carbocycles. The first-order valence-electron chi connectivity index (χ1n) is 6.86. The van der Waals surface area contributed by atoms with Crippen LogP contribution in [0.4, 0.5) is 0 Å². The zero-order chi connectivity index (χ0) is 12.0. The maximum Gasteiger partial charge on any atom is 0.0501 e. The Kier molecular flexibility index (Phi) is 6.59. The van der Waals surface area contributed by atoms with Gasteiger partial charge in [0.05, 0.1) is 5.25 Å². The van der Waals surface area contributed by atoms with Crippen molar-refractivity contribution in [3.8, 4) is 0 Å². The fraction of sp³-hybridized carbons (Fsp3) is 1.00. The van der Waals surface area contributed by atoms with Crippen molar-refractivity contribution in [3.05, 3.63) is 0 Å². The number of rotatable bonds is 6. The third-order valence-corrected chi connectivity index (χ3v) is 5.57. The lowest BCUT2D eigenvalue weighted by Crippen LogP contribution is -2.48. The van der Waals surface area contributed by atoms with Gasteiger partial charge in [0.15, 0.2) is 0 Å². The molecule has 1 aliphatic rings. The molecule has 0 amide bonds. The Hall–Kier alpha value is 0.110. The van der Waals surface area contributed by atoms with E-state index in [9.17, 15) is 4.21 Å². The van der Waals surface area contributed by atoms with Crippen molar-refractivity contribution < 1.29 is 4.21 Å². The Morgan fingerprint density at radius 3 is 2.38 bits per heavy atom. The molecule has 1 N–H and O–H groups in total. The van der Waals surface area contributed by atoms with Crippen molar-refractivity contribution in [2.24, 2.45) is 0 Å². The van der Waals surface area contributed by atoms with Gasteiger partial charge in [0, 0.05) is 28.6 Å². The average Bonchev–Trinajstić information content (AvgIpc) is 2.35. The number of hydrogen-bond acceptors (Lipinski definition) is 2. The van der Waals surface area contributed by atoms with Crippen LogP contribution >= 0.6 is 0 Å². The molecule has 3 heteroatoms. The second-order valence-electron chi connectivity index (χ2n) is 4.78. The average molecular weight is 245 g/mol. The van der Waals surface area contributed by atoms with Crippen molar-refractivity contribution in [3.63, 3.8) is 0 Å². The van der Waals surface area contributed by atoms with Crippen LogP contribution in [0.1, 0.15) is 59.3 Å². The second kappa shape index (κ2) is 7.44. The molecule has 1 rings (SSSR count). The van der Waals surface area contributed by atoms with Crippen LogP contribution in [0.5, 0.6) is 0 Å². The van der Waals surface area contributed by atoms with Gasteiger partial charge in [-0.25, -0.2) is 0 Å². The molecule has 0 aliphatic heterocycles. The highest BCUT2D eigenvalue weighted by Gasteiger charge is 2.29. The quantitative estimate of drug-likeness (QED) is 0.779. The van der Waals surface area contributed by atoms with Crippen LogP contribution < -0.4 is 5.32 Å². The lowest BCUT2D eigenvalue weighted by Gasteiger charge is -2.34. The molecule has 3 atom stereocenters. The van der Waals surface area contributed by atoms with Crippen molar-refractivity contribution in [2.45, 2.75) is 76.6 Å². The fourth-order valence-corrected chi connectivity index (χ4v) is 4.08. The van der Waals surface area contributed by atoms with Crippen molar-refractivity contribution in [1.82, 2.24) is 5.32 Å². The minimum absolute atomic E-state index is 0.402. The minimum atomic E-state index is -0.626. The molecule has 0 aromatic rings. The van der Waals surface area contributed by atoms with E-state index in [2.05, 4.69) is 19.2 Å². The van der Waals surface area contributed by atoms with Crippen LogP contribution in [0.25, 0.3) is 0 Å². The summed E-state index contributed by atoms with van der Waals surface area (Å²) in [6, 6.07) is 1.11. The van der Waals surface area contributed by atoms with Gasteiger partial charge >= 0.3 is 0 Å². The summed E-state index contributed by atoms with van der Waals surface area (Å²) in [4.78, 5) is 0. The van der Waals surface area contributed by atoms with Crippen LogP contribution in [0, 0.1) is 0 Å². The van der Waals surface area contributed by atoms with Crippen LogP contribution in [-0.4, -0.2) is 27.3 Å². The molecule has 0 saturated heterocycles. The van der Waals surface area contributed by atoms with Gasteiger partial charge in [-0.05, 0) is 25.7 Å². The van der Waals surface area contributed by atoms with Gasteiger partial charge in [0.2, 0.25) is 0 Å². The molecular formula is C13H27NOS. The van der Waals surface area contributed by atoms with E-state index in [0.29, 0.717) is 17.3 Å². The first kappa shape index (κ1) is 14.2. The highest BCUT2D eigenvalue weighted by Crippen LogP contribution is 2.24. The molecule has 0 aromatic carbocycles. The Morgan fingerprint density at radius 2 is 1.81 bits per heavy atom. The van der Waals surface area contributed by atoms with Gasteiger partial charge < -0.3 is 5.32 Å². The van der Waals surface area contributed by atoms with E-state index in [4.69, 9.17) is 0 Å². The standard InChI is InChI=1S/C13H27NOS/c1-4-11(5-2)14-12-9-7-8-10-13(12)16(15)6-3/h11-14H,4-10H2,1-3H3. The zero-order valence-corrected chi connectivity index (χ0v) is 11.8. The molecule has 0 radical (unpaired) electrons. The van der Waals surface area contributed by atoms with Crippen molar-refractivity contribution in [2.75, 3.05) is 5.75 Å². The Balaban J connectivity index is 2.55. The van der Waals surface area contributed by atoms with Gasteiger partial charge in [0.1, 0.15) is 0 Å². The molecule has 1 aliphatic carbocycles. The van der Waals surface area contributed by atoms with Gasteiger partial charge in [-0.2, -0.15) is 0 Å². The molecule has 96 valence electrons. The fourth-order valence-electron chi connectivity index (χ4n) is 2.64. The molecule has 0 spiro atoms. The molecule has 1 fully saturated rings. The van der Waals surface area contributed by atoms with E-state index < -0.39 is 10.8 Å². The van der Waals surface area contributed by atoms with Gasteiger partial charge in [0.25, 0.3) is 0 Å². The van der Waals surface area contributed by atoms with Crippen LogP contribution in [0.2, 0.25) is 0 Å². The van der Waals surface area contributed by atoms with Gasteiger partial charge in [-0.15, -0.1) is 0 Å². The smallest absolute Gasteiger partial charge is 0.0501 e. The number of nitrogens with one attached hydrogen (secondary N) is 1. The maximum atomic E-state index is 12.0. The third-order valence-electron chi connectivity index (χ3n) is 3.76. The molecule has 2 nitrogen and oxygen atoms in total. The largest absolute Gasteiger partial charge is 0.310 e. The van der Waals surface area contributed by atoms with Crippen LogP contribution in [-0.2, 0) is 10.8 Å².